The zero-order valence-electron chi connectivity index (χ0n) is 8.66. The van der Waals surface area contributed by atoms with Gasteiger partial charge in [-0.1, -0.05) is 15.9 Å². The third kappa shape index (κ3) is 2.25. The molecule has 0 saturated heterocycles. The number of nitrogens with zero attached hydrogens (tertiary/aromatic N) is 1. The summed E-state index contributed by atoms with van der Waals surface area (Å²) < 4.78 is 0. The summed E-state index contributed by atoms with van der Waals surface area (Å²) in [5.41, 5.74) is 1.13. The van der Waals surface area contributed by atoms with Gasteiger partial charge in [-0.15, -0.1) is 0 Å². The van der Waals surface area contributed by atoms with Crippen LogP contribution in [0.25, 0.3) is 0 Å². The molecule has 16 heavy (non-hydrogen) atoms. The van der Waals surface area contributed by atoms with Crippen molar-refractivity contribution in [3.8, 4) is 6.07 Å². The lowest BCUT2D eigenvalue weighted by molar-refractivity contribution is 0.0936. The zero-order valence-corrected chi connectivity index (χ0v) is 10.3. The molecule has 0 aliphatic heterocycles. The van der Waals surface area contributed by atoms with E-state index in [1.54, 1.807) is 24.3 Å². The first-order valence-corrected chi connectivity index (χ1v) is 6.20. The third-order valence-electron chi connectivity index (χ3n) is 2.76. The highest BCUT2D eigenvalue weighted by Crippen LogP contribution is 2.37. The summed E-state index contributed by atoms with van der Waals surface area (Å²) in [5.74, 6) is -0.0681. The minimum atomic E-state index is -0.0681. The van der Waals surface area contributed by atoms with Crippen molar-refractivity contribution >= 4 is 21.8 Å². The second kappa shape index (κ2) is 4.26. The molecule has 1 aliphatic carbocycles. The Morgan fingerprint density at radius 1 is 1.44 bits per heavy atom. The number of amides is 1. The molecule has 0 aromatic heterocycles. The summed E-state index contributed by atoms with van der Waals surface area (Å²) in [5, 5.41) is 12.4. The Labute approximate surface area is 103 Å². The third-order valence-corrected chi connectivity index (χ3v) is 3.84. The smallest absolute Gasteiger partial charge is 0.251 e. The Bertz CT molecular complexity index is 443. The van der Waals surface area contributed by atoms with Gasteiger partial charge in [-0.2, -0.15) is 5.26 Å². The van der Waals surface area contributed by atoms with Crippen LogP contribution in [-0.2, 0) is 0 Å². The summed E-state index contributed by atoms with van der Waals surface area (Å²) in [6.07, 6.45) is 2.06. The van der Waals surface area contributed by atoms with Gasteiger partial charge in [0.25, 0.3) is 5.91 Å². The van der Waals surface area contributed by atoms with Crippen LogP contribution in [0.2, 0.25) is 0 Å². The summed E-state index contributed by atoms with van der Waals surface area (Å²) in [6, 6.07) is 8.69. The van der Waals surface area contributed by atoms with E-state index in [0.29, 0.717) is 11.1 Å². The van der Waals surface area contributed by atoms with Crippen molar-refractivity contribution in [2.24, 2.45) is 0 Å². The summed E-state index contributed by atoms with van der Waals surface area (Å²) in [6.45, 7) is 0. The topological polar surface area (TPSA) is 52.9 Å². The second-order valence-electron chi connectivity index (χ2n) is 4.06. The standard InChI is InChI=1S/C12H11BrN2O/c13-8-12(5-6-12)15-11(16)10-3-1-9(7-14)2-4-10/h1-4H,5-6,8H2,(H,15,16). The van der Waals surface area contributed by atoms with Crippen molar-refractivity contribution in [2.45, 2.75) is 18.4 Å². The monoisotopic (exact) mass is 278 g/mol. The average molecular weight is 279 g/mol. The predicted octanol–water partition coefficient (Wildman–Crippen LogP) is 2.22. The first kappa shape index (κ1) is 11.2. The van der Waals surface area contributed by atoms with Crippen LogP contribution in [0.3, 0.4) is 0 Å². The second-order valence-corrected chi connectivity index (χ2v) is 4.62. The fourth-order valence-corrected chi connectivity index (χ4v) is 2.15. The molecule has 1 aromatic carbocycles. The molecule has 1 N–H and O–H groups in total. The molecule has 1 aliphatic rings. The maximum atomic E-state index is 11.8. The SMILES string of the molecule is N#Cc1ccc(C(=O)NC2(CBr)CC2)cc1. The fourth-order valence-electron chi connectivity index (χ4n) is 1.45. The van der Waals surface area contributed by atoms with E-state index in [4.69, 9.17) is 5.26 Å². The molecule has 1 amide bonds. The van der Waals surface area contributed by atoms with E-state index in [1.165, 1.54) is 0 Å². The van der Waals surface area contributed by atoms with E-state index in [9.17, 15) is 4.79 Å². The Balaban J connectivity index is 2.07. The molecule has 0 heterocycles. The summed E-state index contributed by atoms with van der Waals surface area (Å²) in [7, 11) is 0. The lowest BCUT2D eigenvalue weighted by atomic mass is 10.1. The van der Waals surface area contributed by atoms with E-state index in [-0.39, 0.29) is 11.4 Å². The molecule has 82 valence electrons. The van der Waals surface area contributed by atoms with E-state index >= 15 is 0 Å². The fraction of sp³-hybridized carbons (Fsp3) is 0.333. The number of rotatable bonds is 3. The number of nitrogens with one attached hydrogen (secondary N) is 1. The quantitative estimate of drug-likeness (QED) is 0.862. The lowest BCUT2D eigenvalue weighted by Gasteiger charge is -2.13. The molecule has 1 fully saturated rings. The van der Waals surface area contributed by atoms with Gasteiger partial charge >= 0.3 is 0 Å². The van der Waals surface area contributed by atoms with Crippen molar-refractivity contribution in [1.29, 1.82) is 5.26 Å². The van der Waals surface area contributed by atoms with Crippen molar-refractivity contribution in [2.75, 3.05) is 5.33 Å². The van der Waals surface area contributed by atoms with Gasteiger partial charge in [0, 0.05) is 10.9 Å². The predicted molar refractivity (Wildman–Crippen MR) is 64.4 cm³/mol. The molecule has 2 rings (SSSR count). The van der Waals surface area contributed by atoms with Gasteiger partial charge in [0.15, 0.2) is 0 Å². The van der Waals surface area contributed by atoms with Crippen molar-refractivity contribution < 1.29 is 4.79 Å². The van der Waals surface area contributed by atoms with Gasteiger partial charge in [-0.25, -0.2) is 0 Å². The van der Waals surface area contributed by atoms with Crippen LogP contribution in [0.1, 0.15) is 28.8 Å². The van der Waals surface area contributed by atoms with Crippen molar-refractivity contribution in [3.05, 3.63) is 35.4 Å². The molecule has 0 radical (unpaired) electrons. The number of carbonyl (C=O) groups is 1. The van der Waals surface area contributed by atoms with Crippen LogP contribution in [0.5, 0.6) is 0 Å². The summed E-state index contributed by atoms with van der Waals surface area (Å²) >= 11 is 3.40. The van der Waals surface area contributed by atoms with Gasteiger partial charge in [0.2, 0.25) is 0 Å². The van der Waals surface area contributed by atoms with E-state index < -0.39 is 0 Å². The number of hydrogen-bond donors (Lipinski definition) is 1. The number of nitriles is 1. The lowest BCUT2D eigenvalue weighted by Crippen LogP contribution is -2.38. The van der Waals surface area contributed by atoms with Gasteiger partial charge in [0.1, 0.15) is 0 Å². The van der Waals surface area contributed by atoms with Gasteiger partial charge in [-0.05, 0) is 37.1 Å². The molecule has 3 nitrogen and oxygen atoms in total. The van der Waals surface area contributed by atoms with E-state index in [0.717, 1.165) is 18.2 Å². The average Bonchev–Trinajstić information content (AvgIpc) is 3.09. The van der Waals surface area contributed by atoms with Crippen LogP contribution in [0.15, 0.2) is 24.3 Å². The molecule has 0 bridgehead atoms. The van der Waals surface area contributed by atoms with Crippen LogP contribution in [0, 0.1) is 11.3 Å². The normalized spacial score (nSPS) is 16.2. The van der Waals surface area contributed by atoms with Crippen LogP contribution in [-0.4, -0.2) is 16.8 Å². The highest BCUT2D eigenvalue weighted by Gasteiger charge is 2.42. The maximum absolute atomic E-state index is 11.8. The Kier molecular flexibility index (Phi) is 2.97. The van der Waals surface area contributed by atoms with Crippen LogP contribution >= 0.6 is 15.9 Å². The highest BCUT2D eigenvalue weighted by molar-refractivity contribution is 9.09. The molecule has 4 heteroatoms. The van der Waals surface area contributed by atoms with E-state index in [2.05, 4.69) is 21.2 Å². The van der Waals surface area contributed by atoms with Crippen LogP contribution < -0.4 is 5.32 Å². The highest BCUT2D eigenvalue weighted by atomic mass is 79.9. The molecule has 0 atom stereocenters. The molecule has 0 unspecified atom stereocenters. The molecule has 0 spiro atoms. The first-order chi connectivity index (χ1) is 7.69. The maximum Gasteiger partial charge on any atom is 0.251 e. The number of carbonyl (C=O) groups excluding carboxylic acids is 1. The Morgan fingerprint density at radius 2 is 2.06 bits per heavy atom. The van der Waals surface area contributed by atoms with Crippen LogP contribution in [0.4, 0.5) is 0 Å². The molecule has 1 saturated carbocycles. The number of halogens is 1. The van der Waals surface area contributed by atoms with E-state index in [1.807, 2.05) is 6.07 Å². The van der Waals surface area contributed by atoms with Gasteiger partial charge in [0.05, 0.1) is 17.2 Å². The number of hydrogen-bond acceptors (Lipinski definition) is 2. The Hall–Kier alpha value is -1.34. The first-order valence-electron chi connectivity index (χ1n) is 5.08. The largest absolute Gasteiger partial charge is 0.346 e. The molecule has 1 aromatic rings. The Morgan fingerprint density at radius 3 is 2.50 bits per heavy atom. The number of alkyl halides is 1. The van der Waals surface area contributed by atoms with Crippen molar-refractivity contribution in [3.63, 3.8) is 0 Å². The van der Waals surface area contributed by atoms with Gasteiger partial charge in [-0.3, -0.25) is 4.79 Å². The molecular formula is C12H11BrN2O. The minimum Gasteiger partial charge on any atom is -0.346 e. The molecular weight excluding hydrogens is 268 g/mol. The number of benzene rings is 1. The summed E-state index contributed by atoms with van der Waals surface area (Å²) in [4.78, 5) is 11.8. The zero-order chi connectivity index (χ0) is 11.6. The van der Waals surface area contributed by atoms with Crippen molar-refractivity contribution in [1.82, 2.24) is 5.32 Å². The minimum absolute atomic E-state index is 0.0367. The van der Waals surface area contributed by atoms with Gasteiger partial charge < -0.3 is 5.32 Å².